The van der Waals surface area contributed by atoms with Crippen molar-refractivity contribution in [2.24, 2.45) is 10.8 Å². The van der Waals surface area contributed by atoms with Gasteiger partial charge in [-0.2, -0.15) is 0 Å². The van der Waals surface area contributed by atoms with Gasteiger partial charge in [-0.3, -0.25) is 0 Å². The zero-order chi connectivity index (χ0) is 94.8. The molecule has 1 aromatic carbocycles. The third kappa shape index (κ3) is 28.9. The van der Waals surface area contributed by atoms with Gasteiger partial charge < -0.3 is 219 Å². The minimum atomic E-state index is -2.08. The van der Waals surface area contributed by atoms with Crippen LogP contribution in [-0.4, -0.2) is 468 Å². The molecule has 9 rings (SSSR count). The van der Waals surface area contributed by atoms with Gasteiger partial charge in [0.25, 0.3) is 0 Å². The van der Waals surface area contributed by atoms with Crippen LogP contribution in [0.2, 0.25) is 0 Å². The summed E-state index contributed by atoms with van der Waals surface area (Å²) in [5.74, 6) is 0. The van der Waals surface area contributed by atoms with Crippen molar-refractivity contribution >= 4 is 0 Å². The van der Waals surface area contributed by atoms with Crippen LogP contribution in [0.5, 0.6) is 0 Å². The van der Waals surface area contributed by atoms with Crippen molar-refractivity contribution in [3.05, 3.63) is 35.4 Å². The number of benzene rings is 1. The van der Waals surface area contributed by atoms with Crippen molar-refractivity contribution in [3.63, 3.8) is 0 Å². The Kier molecular flexibility index (Phi) is 46.4. The fourth-order valence-corrected chi connectivity index (χ4v) is 18.3. The molecule has 42 atom stereocenters. The molecule has 8 heterocycles. The number of hydrogen-bond donors (Lipinski definition) is 28. The van der Waals surface area contributed by atoms with Crippen LogP contribution in [-0.2, 0) is 88.6 Å². The van der Waals surface area contributed by atoms with Crippen LogP contribution < -0.4 is 0 Å². The Hall–Kier alpha value is -2.54. The summed E-state index contributed by atoms with van der Waals surface area (Å²) >= 11 is 0. The molecule has 0 aromatic heterocycles. The van der Waals surface area contributed by atoms with Gasteiger partial charge in [0.2, 0.25) is 0 Å². The van der Waals surface area contributed by atoms with E-state index in [-0.39, 0.29) is 25.7 Å². The second-order valence-corrected chi connectivity index (χ2v) is 36.3. The molecule has 44 nitrogen and oxygen atoms in total. The molecule has 44 heteroatoms. The molecule has 1 aromatic rings. The summed E-state index contributed by atoms with van der Waals surface area (Å²) < 4.78 is 97.0. The highest BCUT2D eigenvalue weighted by atomic mass is 16.8. The summed E-state index contributed by atoms with van der Waals surface area (Å²) in [6.45, 7) is -5.15. The van der Waals surface area contributed by atoms with Gasteiger partial charge in [-0.05, 0) is 36.8 Å². The fraction of sp³-hybridized carbons (Fsp3) is 0.930. The molecule has 0 spiro atoms. The predicted octanol–water partition coefficient (Wildman–Crippen LogP) is -8.07. The van der Waals surface area contributed by atoms with E-state index in [1.165, 1.54) is 0 Å². The molecule has 0 saturated carbocycles. The van der Waals surface area contributed by atoms with Gasteiger partial charge in [0, 0.05) is 10.8 Å². The Morgan fingerprint density at radius 3 is 0.631 bits per heavy atom. The van der Waals surface area contributed by atoms with Gasteiger partial charge in [-0.1, -0.05) is 167 Å². The third-order valence-electron chi connectivity index (χ3n) is 26.3. The Morgan fingerprint density at radius 1 is 0.231 bits per heavy atom. The van der Waals surface area contributed by atoms with Crippen molar-refractivity contribution in [1.82, 2.24) is 0 Å². The van der Waals surface area contributed by atoms with Crippen LogP contribution in [0.15, 0.2) is 24.3 Å². The molecular formula is C86H150O44. The zero-order valence-electron chi connectivity index (χ0n) is 73.9. The first kappa shape index (κ1) is 111. The number of aliphatic hydroxyl groups excluding tert-OH is 28. The zero-order valence-corrected chi connectivity index (χ0v) is 73.9. The van der Waals surface area contributed by atoms with E-state index in [1.807, 2.05) is 0 Å². The highest BCUT2D eigenvalue weighted by Crippen LogP contribution is 2.42. The number of rotatable bonds is 54. The standard InChI is InChI=1S/C86H150O44/c1-3-5-7-9-11-13-15-17-19-21-26-85(39-115-77-69(111)61(103)73(49(35-91)123-77)127-81-65(107)57(99)53(95)45(31-87)119-81,40-116-78-70(112)62(104)74(50(36-92)124-78)128-82-66(108)58(100)54(96)46(32-88)120-82)29-43-24-23-25-44(28-43)30-86(27-22-20-18-16-14-12-10-8-6-4-2,41-117-79-71(113)63(105)75(51(37-93)125-79)129-83-67(109)59(101)55(97)47(33-89)121-83)42-118-80-72(114)64(106)76(52(38-94)126-80)130-84-68(110)60(102)56(98)48(34-90)122-84/h23-25,28,45-84,87-114H,3-22,26-27,29-42H2,1-2H3/t45?,46?,47?,48?,49?,50?,51?,52?,53-,54-,55-,56-,57+,58+,59+,60+,61-,62-,63-,64-,65?,66?,67?,68?,69?,70?,71?,72?,73-,74-,75-,76-,77-,78-,79-,80-,81-,82+,83-,84+,85?,86?/m1/s1. The SMILES string of the molecule is CCCCCCCCCCCCC(CO[C@@H]1OC(CO)[C@@H](O[C@H]2OC(CO)[C@@H](O)[C@H](O)C2O)[C@H](O)C1O)(CO[C@@H]1OC(CO)[C@@H](O[C@@H]2OC(CO)[C@@H](O)[C@H](O)C2O)[C@H](O)C1O)Cc1cccc(CC(CCCCCCCCCCCC)(CO[C@@H]2OC(CO)[C@@H](O[C@H]3OC(CO)[C@@H](O)[C@H](O)C3O)[C@H](O)C2O)CO[C@@H]2OC(CO)[C@@H](O[C@@H]3OC(CO)[C@@H](O)[C@H](O)C3O)[C@H](O)C2O)c1. The molecule has 28 N–H and O–H groups in total. The first-order valence-corrected chi connectivity index (χ1v) is 46.2. The quantitative estimate of drug-likeness (QED) is 0.0269. The average Bonchev–Trinajstić information content (AvgIpc) is 0.789. The van der Waals surface area contributed by atoms with Gasteiger partial charge in [0.15, 0.2) is 50.3 Å². The number of ether oxygens (including phenoxy) is 16. The lowest BCUT2D eigenvalue weighted by atomic mass is 9.76. The molecule has 130 heavy (non-hydrogen) atoms. The molecule has 8 aliphatic heterocycles. The summed E-state index contributed by atoms with van der Waals surface area (Å²) in [5.41, 5.74) is -1.97. The van der Waals surface area contributed by atoms with E-state index >= 15 is 0 Å². The maximum absolute atomic E-state index is 12.1. The lowest BCUT2D eigenvalue weighted by Crippen LogP contribution is -2.65. The van der Waals surface area contributed by atoms with Gasteiger partial charge >= 0.3 is 0 Å². The van der Waals surface area contributed by atoms with Gasteiger partial charge in [0.1, 0.15) is 195 Å². The Morgan fingerprint density at radius 2 is 0.423 bits per heavy atom. The van der Waals surface area contributed by atoms with Crippen LogP contribution in [0.1, 0.15) is 166 Å². The first-order valence-electron chi connectivity index (χ1n) is 46.2. The highest BCUT2D eigenvalue weighted by Gasteiger charge is 2.58. The normalized spacial score (nSPS) is 41.5. The molecule has 0 radical (unpaired) electrons. The molecule has 8 fully saturated rings. The van der Waals surface area contributed by atoms with E-state index in [0.29, 0.717) is 36.8 Å². The molecule has 0 amide bonds. The van der Waals surface area contributed by atoms with Crippen molar-refractivity contribution in [1.29, 1.82) is 0 Å². The molecule has 0 bridgehead atoms. The summed E-state index contributed by atoms with van der Waals surface area (Å²) in [4.78, 5) is 0. The van der Waals surface area contributed by atoms with Crippen LogP contribution in [0.25, 0.3) is 0 Å². The molecule has 18 unspecified atom stereocenters. The van der Waals surface area contributed by atoms with E-state index in [2.05, 4.69) is 13.8 Å². The Balaban J connectivity index is 1.10. The van der Waals surface area contributed by atoms with Crippen LogP contribution in [0, 0.1) is 10.8 Å². The lowest BCUT2D eigenvalue weighted by Gasteiger charge is -2.47. The topological polar surface area (TPSA) is 714 Å². The summed E-state index contributed by atoms with van der Waals surface area (Å²) in [7, 11) is 0. The van der Waals surface area contributed by atoms with Crippen LogP contribution in [0.3, 0.4) is 0 Å². The van der Waals surface area contributed by atoms with Crippen molar-refractivity contribution < 1.29 is 219 Å². The average molecular weight is 1890 g/mol. The van der Waals surface area contributed by atoms with Crippen LogP contribution >= 0.6 is 0 Å². The Labute approximate surface area is 755 Å². The third-order valence-corrected chi connectivity index (χ3v) is 26.3. The summed E-state index contributed by atoms with van der Waals surface area (Å²) in [6, 6.07) is 6.96. The summed E-state index contributed by atoms with van der Waals surface area (Å²) in [6.07, 6.45) is -56.6. The number of aliphatic hydroxyl groups is 28. The number of unbranched alkanes of at least 4 members (excludes halogenated alkanes) is 18. The maximum atomic E-state index is 12.1. The van der Waals surface area contributed by atoms with E-state index in [4.69, 9.17) is 75.8 Å². The van der Waals surface area contributed by atoms with Crippen molar-refractivity contribution in [2.45, 2.75) is 414 Å². The van der Waals surface area contributed by atoms with Gasteiger partial charge in [-0.25, -0.2) is 0 Å². The number of hydrogen-bond acceptors (Lipinski definition) is 44. The second-order valence-electron chi connectivity index (χ2n) is 36.3. The highest BCUT2D eigenvalue weighted by molar-refractivity contribution is 5.26. The van der Waals surface area contributed by atoms with Crippen molar-refractivity contribution in [2.75, 3.05) is 79.3 Å². The fourth-order valence-electron chi connectivity index (χ4n) is 18.3. The minimum absolute atomic E-state index is 0.115. The summed E-state index contributed by atoms with van der Waals surface area (Å²) in [5, 5.41) is 309. The van der Waals surface area contributed by atoms with E-state index in [1.54, 1.807) is 24.3 Å². The van der Waals surface area contributed by atoms with E-state index in [0.717, 1.165) is 103 Å². The van der Waals surface area contributed by atoms with E-state index in [9.17, 15) is 143 Å². The molecule has 0 aliphatic carbocycles. The largest absolute Gasteiger partial charge is 0.394 e. The first-order chi connectivity index (χ1) is 62.3. The Bertz CT molecular complexity index is 2890. The van der Waals surface area contributed by atoms with E-state index < -0.39 is 336 Å². The van der Waals surface area contributed by atoms with Crippen molar-refractivity contribution in [3.8, 4) is 0 Å². The molecule has 758 valence electrons. The predicted molar refractivity (Wildman–Crippen MR) is 441 cm³/mol. The second kappa shape index (κ2) is 54.3. The monoisotopic (exact) mass is 1890 g/mol. The minimum Gasteiger partial charge on any atom is -0.394 e. The van der Waals surface area contributed by atoms with Crippen LogP contribution in [0.4, 0.5) is 0 Å². The van der Waals surface area contributed by atoms with Gasteiger partial charge in [-0.15, -0.1) is 0 Å². The lowest BCUT2D eigenvalue weighted by molar-refractivity contribution is -0.365. The molecule has 8 aliphatic rings. The van der Waals surface area contributed by atoms with Gasteiger partial charge in [0.05, 0.1) is 79.3 Å². The molecular weight excluding hydrogens is 1740 g/mol. The smallest absolute Gasteiger partial charge is 0.187 e. The maximum Gasteiger partial charge on any atom is 0.187 e. The molecule has 8 saturated heterocycles.